The van der Waals surface area contributed by atoms with E-state index in [1.807, 2.05) is 0 Å². The Labute approximate surface area is 111 Å². The van der Waals surface area contributed by atoms with Crippen LogP contribution in [0.1, 0.15) is 26.5 Å². The maximum Gasteiger partial charge on any atom is 0.337 e. The zero-order chi connectivity index (χ0) is 14.4. The molecule has 0 atom stereocenters. The number of aliphatic hydroxyl groups is 1. The topological polar surface area (TPSA) is 90.7 Å². The summed E-state index contributed by atoms with van der Waals surface area (Å²) in [4.78, 5) is 28.4. The maximum absolute atomic E-state index is 12.1. The lowest BCUT2D eigenvalue weighted by molar-refractivity contribution is 0.0691. The first-order valence-electron chi connectivity index (χ1n) is 5.73. The van der Waals surface area contributed by atoms with Gasteiger partial charge < -0.3 is 15.1 Å². The van der Waals surface area contributed by atoms with Crippen LogP contribution < -0.4 is 0 Å². The summed E-state index contributed by atoms with van der Waals surface area (Å²) in [6, 6.07) is 2.72. The van der Waals surface area contributed by atoms with Crippen LogP contribution in [0.3, 0.4) is 0 Å². The average molecular weight is 264 g/mol. The first-order chi connectivity index (χ1) is 9.01. The number of aromatic nitrogens is 1. The fourth-order valence-electron chi connectivity index (χ4n) is 1.62. The van der Waals surface area contributed by atoms with Crippen LogP contribution in [0.15, 0.2) is 24.8 Å². The number of carbonyl (C=O) groups excluding carboxylic acids is 1. The second-order valence-corrected chi connectivity index (χ2v) is 3.90. The summed E-state index contributed by atoms with van der Waals surface area (Å²) in [7, 11) is 0. The Hall–Kier alpha value is -2.21. The molecule has 1 rings (SSSR count). The molecule has 0 spiro atoms. The van der Waals surface area contributed by atoms with Gasteiger partial charge in [-0.05, 0) is 19.1 Å². The third-order valence-electron chi connectivity index (χ3n) is 2.54. The van der Waals surface area contributed by atoms with E-state index in [0.29, 0.717) is 6.54 Å². The lowest BCUT2D eigenvalue weighted by Crippen LogP contribution is -2.34. The zero-order valence-electron chi connectivity index (χ0n) is 10.7. The molecule has 19 heavy (non-hydrogen) atoms. The number of rotatable bonds is 6. The molecular weight excluding hydrogens is 248 g/mol. The third kappa shape index (κ3) is 3.62. The summed E-state index contributed by atoms with van der Waals surface area (Å²) in [6.45, 7) is 5.38. The van der Waals surface area contributed by atoms with E-state index >= 15 is 0 Å². The predicted molar refractivity (Wildman–Crippen MR) is 69.1 cm³/mol. The van der Waals surface area contributed by atoms with Crippen LogP contribution in [0.4, 0.5) is 0 Å². The van der Waals surface area contributed by atoms with Gasteiger partial charge in [-0.15, -0.1) is 6.58 Å². The van der Waals surface area contributed by atoms with Gasteiger partial charge in [-0.3, -0.25) is 4.79 Å². The smallest absolute Gasteiger partial charge is 0.337 e. The molecule has 0 unspecified atom stereocenters. The Morgan fingerprint density at radius 2 is 2.16 bits per heavy atom. The van der Waals surface area contributed by atoms with Crippen molar-refractivity contribution in [3.63, 3.8) is 0 Å². The first-order valence-corrected chi connectivity index (χ1v) is 5.73. The number of aromatic carboxylic acids is 1. The fourth-order valence-corrected chi connectivity index (χ4v) is 1.62. The summed E-state index contributed by atoms with van der Waals surface area (Å²) in [5.74, 6) is -1.45. The predicted octanol–water partition coefficient (Wildman–Crippen LogP) is 0.709. The van der Waals surface area contributed by atoms with Crippen LogP contribution in [0, 0.1) is 6.92 Å². The lowest BCUT2D eigenvalue weighted by atomic mass is 10.2. The van der Waals surface area contributed by atoms with Crippen LogP contribution in [-0.2, 0) is 0 Å². The van der Waals surface area contributed by atoms with Gasteiger partial charge in [0.15, 0.2) is 0 Å². The number of aliphatic hydroxyl groups excluding tert-OH is 1. The summed E-state index contributed by atoms with van der Waals surface area (Å²) < 4.78 is 0. The Morgan fingerprint density at radius 1 is 1.47 bits per heavy atom. The minimum absolute atomic E-state index is 0.0639. The summed E-state index contributed by atoms with van der Waals surface area (Å²) in [6.07, 6.45) is 1.55. The van der Waals surface area contributed by atoms with Gasteiger partial charge in [0.1, 0.15) is 5.69 Å². The molecule has 0 aliphatic rings. The number of aryl methyl sites for hydroxylation is 1. The van der Waals surface area contributed by atoms with Crippen molar-refractivity contribution in [3.05, 3.63) is 41.7 Å². The van der Waals surface area contributed by atoms with Gasteiger partial charge in [0.2, 0.25) is 0 Å². The van der Waals surface area contributed by atoms with Crippen LogP contribution in [0.2, 0.25) is 0 Å². The largest absolute Gasteiger partial charge is 0.478 e. The zero-order valence-corrected chi connectivity index (χ0v) is 10.7. The van der Waals surface area contributed by atoms with Crippen molar-refractivity contribution in [2.75, 3.05) is 19.7 Å². The van der Waals surface area contributed by atoms with Crippen molar-refractivity contribution in [1.29, 1.82) is 0 Å². The molecule has 1 amide bonds. The number of pyridine rings is 1. The van der Waals surface area contributed by atoms with E-state index in [0.717, 1.165) is 0 Å². The van der Waals surface area contributed by atoms with Gasteiger partial charge in [0, 0.05) is 13.1 Å². The standard InChI is InChI=1S/C13H16N2O4/c1-3-6-15(7-8-16)12(17)11-5-4-10(13(18)19)9(2)14-11/h3-5,16H,1,6-8H2,2H3,(H,18,19). The van der Waals surface area contributed by atoms with E-state index in [-0.39, 0.29) is 36.0 Å². The van der Waals surface area contributed by atoms with Crippen molar-refractivity contribution >= 4 is 11.9 Å². The van der Waals surface area contributed by atoms with Gasteiger partial charge in [-0.1, -0.05) is 6.08 Å². The average Bonchev–Trinajstić information content (AvgIpc) is 2.37. The van der Waals surface area contributed by atoms with Gasteiger partial charge in [0.25, 0.3) is 5.91 Å². The fraction of sp³-hybridized carbons (Fsp3) is 0.308. The number of nitrogens with zero attached hydrogens (tertiary/aromatic N) is 2. The van der Waals surface area contributed by atoms with Crippen molar-refractivity contribution < 1.29 is 19.8 Å². The molecule has 6 heteroatoms. The highest BCUT2D eigenvalue weighted by Gasteiger charge is 2.17. The van der Waals surface area contributed by atoms with Crippen molar-refractivity contribution in [1.82, 2.24) is 9.88 Å². The van der Waals surface area contributed by atoms with E-state index in [4.69, 9.17) is 10.2 Å². The Morgan fingerprint density at radius 3 is 2.63 bits per heavy atom. The van der Waals surface area contributed by atoms with Crippen molar-refractivity contribution in [3.8, 4) is 0 Å². The van der Waals surface area contributed by atoms with Crippen LogP contribution >= 0.6 is 0 Å². The second kappa shape index (κ2) is 6.65. The van der Waals surface area contributed by atoms with Gasteiger partial charge >= 0.3 is 5.97 Å². The molecule has 0 aromatic carbocycles. The van der Waals surface area contributed by atoms with E-state index in [9.17, 15) is 9.59 Å². The van der Waals surface area contributed by atoms with Gasteiger partial charge in [-0.2, -0.15) is 0 Å². The molecule has 2 N–H and O–H groups in total. The molecule has 0 saturated heterocycles. The maximum atomic E-state index is 12.1. The van der Waals surface area contributed by atoms with Crippen molar-refractivity contribution in [2.45, 2.75) is 6.92 Å². The van der Waals surface area contributed by atoms with Gasteiger partial charge in [0.05, 0.1) is 17.9 Å². The molecule has 0 fully saturated rings. The number of carboxylic acids is 1. The van der Waals surface area contributed by atoms with Crippen LogP contribution in [0.25, 0.3) is 0 Å². The molecule has 6 nitrogen and oxygen atoms in total. The first kappa shape index (κ1) is 14.8. The van der Waals surface area contributed by atoms with E-state index in [1.54, 1.807) is 6.08 Å². The molecule has 0 radical (unpaired) electrons. The molecule has 0 aliphatic heterocycles. The third-order valence-corrected chi connectivity index (χ3v) is 2.54. The summed E-state index contributed by atoms with van der Waals surface area (Å²) >= 11 is 0. The number of amides is 1. The number of carboxylic acid groups (broad SMARTS) is 1. The molecule has 0 bridgehead atoms. The van der Waals surface area contributed by atoms with E-state index in [1.165, 1.54) is 24.0 Å². The van der Waals surface area contributed by atoms with E-state index < -0.39 is 5.97 Å². The highest BCUT2D eigenvalue weighted by Crippen LogP contribution is 2.09. The lowest BCUT2D eigenvalue weighted by Gasteiger charge is -2.19. The Balaban J connectivity index is 3.01. The summed E-state index contributed by atoms with van der Waals surface area (Å²) in [5.41, 5.74) is 0.493. The molecule has 1 aromatic rings. The number of hydrogen-bond donors (Lipinski definition) is 2. The Kier molecular flexibility index (Phi) is 5.20. The molecule has 1 aromatic heterocycles. The van der Waals surface area contributed by atoms with Crippen LogP contribution in [0.5, 0.6) is 0 Å². The van der Waals surface area contributed by atoms with Crippen LogP contribution in [-0.4, -0.2) is 51.7 Å². The normalized spacial score (nSPS) is 10.0. The minimum Gasteiger partial charge on any atom is -0.478 e. The number of carbonyl (C=O) groups is 2. The molecular formula is C13H16N2O4. The van der Waals surface area contributed by atoms with Gasteiger partial charge in [-0.25, -0.2) is 9.78 Å². The summed E-state index contributed by atoms with van der Waals surface area (Å²) in [5, 5.41) is 17.8. The molecule has 102 valence electrons. The molecule has 0 saturated carbocycles. The molecule has 0 aliphatic carbocycles. The monoisotopic (exact) mass is 264 g/mol. The molecule has 1 heterocycles. The second-order valence-electron chi connectivity index (χ2n) is 3.90. The minimum atomic E-state index is -1.08. The van der Waals surface area contributed by atoms with Crippen molar-refractivity contribution in [2.24, 2.45) is 0 Å². The number of hydrogen-bond acceptors (Lipinski definition) is 4. The quantitative estimate of drug-likeness (QED) is 0.738. The highest BCUT2D eigenvalue weighted by atomic mass is 16.4. The van der Waals surface area contributed by atoms with E-state index in [2.05, 4.69) is 11.6 Å². The highest BCUT2D eigenvalue weighted by molar-refractivity contribution is 5.94. The SMILES string of the molecule is C=CCN(CCO)C(=O)c1ccc(C(=O)O)c(C)n1. The Bertz CT molecular complexity index is 499.